The van der Waals surface area contributed by atoms with Gasteiger partial charge in [-0.15, -0.1) is 0 Å². The van der Waals surface area contributed by atoms with Crippen molar-refractivity contribution < 1.29 is 9.47 Å². The highest BCUT2D eigenvalue weighted by Crippen LogP contribution is 2.65. The molecule has 4 aliphatic carbocycles. The van der Waals surface area contributed by atoms with Crippen LogP contribution in [0.1, 0.15) is 44.1 Å². The third-order valence-electron chi connectivity index (χ3n) is 6.68. The van der Waals surface area contributed by atoms with Crippen LogP contribution in [0.4, 0.5) is 0 Å². The fourth-order valence-electron chi connectivity index (χ4n) is 6.32. The van der Waals surface area contributed by atoms with E-state index in [9.17, 15) is 0 Å². The van der Waals surface area contributed by atoms with Crippen molar-refractivity contribution in [3.05, 3.63) is 35.9 Å². The molecule has 5 aliphatic rings. The van der Waals surface area contributed by atoms with Crippen LogP contribution in [0.3, 0.4) is 0 Å². The molecule has 4 bridgehead atoms. The summed E-state index contributed by atoms with van der Waals surface area (Å²) in [7, 11) is 0. The fraction of sp³-hybridized carbons (Fsp3) is 0.700. The van der Waals surface area contributed by atoms with Gasteiger partial charge in [0.25, 0.3) is 0 Å². The number of rotatable bonds is 5. The average Bonchev–Trinajstić information content (AvgIpc) is 3.31. The molecule has 0 spiro atoms. The molecule has 4 saturated carbocycles. The summed E-state index contributed by atoms with van der Waals surface area (Å²) in [5, 5.41) is 0. The minimum absolute atomic E-state index is 0.400. The van der Waals surface area contributed by atoms with Crippen LogP contribution in [-0.4, -0.2) is 25.9 Å². The Balaban J connectivity index is 1.40. The van der Waals surface area contributed by atoms with Crippen molar-refractivity contribution in [3.8, 4) is 0 Å². The Morgan fingerprint density at radius 3 is 2.45 bits per heavy atom. The molecule has 3 atom stereocenters. The zero-order valence-electron chi connectivity index (χ0n) is 13.3. The number of epoxide rings is 1. The van der Waals surface area contributed by atoms with Gasteiger partial charge in [-0.05, 0) is 66.8 Å². The minimum Gasteiger partial charge on any atom is -0.378 e. The van der Waals surface area contributed by atoms with E-state index in [2.05, 4.69) is 30.3 Å². The summed E-state index contributed by atoms with van der Waals surface area (Å²) in [6.07, 6.45) is 8.87. The second kappa shape index (κ2) is 4.82. The Hall–Kier alpha value is -0.860. The molecule has 1 aliphatic heterocycles. The molecular weight excluding hydrogens is 272 g/mol. The standard InChI is InChI=1S/C20H26O2/c1-2-4-17(5-3-1)20-9-15-6-16(10-20)8-19(7-15,13-20)14-21-11-18-12-22-18/h1-5,15-16,18H,6-14H2/t15?,16?,18-,19?,20?/m1/s1. The van der Waals surface area contributed by atoms with Gasteiger partial charge >= 0.3 is 0 Å². The molecule has 0 radical (unpaired) electrons. The number of hydrogen-bond acceptors (Lipinski definition) is 2. The van der Waals surface area contributed by atoms with E-state index in [4.69, 9.17) is 9.47 Å². The van der Waals surface area contributed by atoms with Crippen LogP contribution in [-0.2, 0) is 14.9 Å². The largest absolute Gasteiger partial charge is 0.378 e. The maximum atomic E-state index is 6.10. The number of hydrogen-bond donors (Lipinski definition) is 0. The Labute approximate surface area is 133 Å². The molecular formula is C20H26O2. The topological polar surface area (TPSA) is 21.8 Å². The highest BCUT2D eigenvalue weighted by Gasteiger charge is 2.58. The van der Waals surface area contributed by atoms with Gasteiger partial charge in [-0.2, -0.15) is 0 Å². The third-order valence-corrected chi connectivity index (χ3v) is 6.68. The van der Waals surface area contributed by atoms with Gasteiger partial charge < -0.3 is 9.47 Å². The molecule has 0 N–H and O–H groups in total. The Bertz CT molecular complexity index is 534. The molecule has 6 rings (SSSR count). The first-order valence-corrected chi connectivity index (χ1v) is 9.00. The molecule has 0 aromatic heterocycles. The van der Waals surface area contributed by atoms with E-state index >= 15 is 0 Å². The van der Waals surface area contributed by atoms with Crippen LogP contribution < -0.4 is 0 Å². The quantitative estimate of drug-likeness (QED) is 0.768. The minimum atomic E-state index is 0.400. The van der Waals surface area contributed by atoms with Gasteiger partial charge in [0.05, 0.1) is 19.8 Å². The molecule has 22 heavy (non-hydrogen) atoms. The van der Waals surface area contributed by atoms with Crippen LogP contribution in [0.15, 0.2) is 30.3 Å². The maximum Gasteiger partial charge on any atom is 0.104 e. The van der Waals surface area contributed by atoms with Gasteiger partial charge in [0.2, 0.25) is 0 Å². The van der Waals surface area contributed by atoms with E-state index in [1.807, 2.05) is 0 Å². The lowest BCUT2D eigenvalue weighted by Gasteiger charge is -2.62. The molecule has 1 aromatic carbocycles. The van der Waals surface area contributed by atoms with E-state index in [0.717, 1.165) is 31.7 Å². The van der Waals surface area contributed by atoms with Crippen molar-refractivity contribution in [2.75, 3.05) is 19.8 Å². The Morgan fingerprint density at radius 2 is 1.77 bits per heavy atom. The zero-order chi connectivity index (χ0) is 14.6. The van der Waals surface area contributed by atoms with Gasteiger partial charge in [0.1, 0.15) is 6.10 Å². The second-order valence-electron chi connectivity index (χ2n) is 8.58. The van der Waals surface area contributed by atoms with E-state index in [-0.39, 0.29) is 0 Å². The van der Waals surface area contributed by atoms with Crippen molar-refractivity contribution in [1.82, 2.24) is 0 Å². The predicted molar refractivity (Wildman–Crippen MR) is 85.8 cm³/mol. The molecule has 1 aromatic rings. The smallest absolute Gasteiger partial charge is 0.104 e. The van der Waals surface area contributed by atoms with Crippen LogP contribution in [0.25, 0.3) is 0 Å². The monoisotopic (exact) mass is 298 g/mol. The van der Waals surface area contributed by atoms with Gasteiger partial charge in [-0.25, -0.2) is 0 Å². The lowest BCUT2D eigenvalue weighted by atomic mass is 9.43. The van der Waals surface area contributed by atoms with Crippen molar-refractivity contribution >= 4 is 0 Å². The van der Waals surface area contributed by atoms with E-state index in [0.29, 0.717) is 16.9 Å². The summed E-state index contributed by atoms with van der Waals surface area (Å²) in [6.45, 7) is 2.69. The first-order chi connectivity index (χ1) is 10.8. The van der Waals surface area contributed by atoms with E-state index < -0.39 is 0 Å². The van der Waals surface area contributed by atoms with Gasteiger partial charge in [-0.3, -0.25) is 0 Å². The first kappa shape index (κ1) is 13.6. The molecule has 5 fully saturated rings. The van der Waals surface area contributed by atoms with E-state index in [1.165, 1.54) is 38.5 Å². The summed E-state index contributed by atoms with van der Waals surface area (Å²) >= 11 is 0. The summed E-state index contributed by atoms with van der Waals surface area (Å²) in [6, 6.07) is 11.3. The molecule has 0 amide bonds. The molecule has 118 valence electrons. The number of benzene rings is 1. The Morgan fingerprint density at radius 1 is 1.05 bits per heavy atom. The van der Waals surface area contributed by atoms with Crippen molar-refractivity contribution in [1.29, 1.82) is 0 Å². The van der Waals surface area contributed by atoms with Crippen LogP contribution in [0, 0.1) is 17.3 Å². The molecule has 1 heterocycles. The summed E-state index contributed by atoms with van der Waals surface area (Å²) < 4.78 is 11.4. The second-order valence-corrected chi connectivity index (χ2v) is 8.58. The first-order valence-electron chi connectivity index (χ1n) is 9.00. The maximum absolute atomic E-state index is 6.10. The van der Waals surface area contributed by atoms with Crippen LogP contribution in [0.2, 0.25) is 0 Å². The van der Waals surface area contributed by atoms with Gasteiger partial charge in [-0.1, -0.05) is 30.3 Å². The molecule has 2 nitrogen and oxygen atoms in total. The summed E-state index contributed by atoms with van der Waals surface area (Å²) in [5.74, 6) is 1.87. The average molecular weight is 298 g/mol. The highest BCUT2D eigenvalue weighted by molar-refractivity contribution is 5.30. The van der Waals surface area contributed by atoms with Crippen molar-refractivity contribution in [2.45, 2.75) is 50.0 Å². The van der Waals surface area contributed by atoms with Crippen molar-refractivity contribution in [2.24, 2.45) is 17.3 Å². The SMILES string of the molecule is c1ccc(C23CC4CC(CC(COC[C@@H]5CO5)(C4)C2)C3)cc1. The third kappa shape index (κ3) is 2.23. The summed E-state index contributed by atoms with van der Waals surface area (Å²) in [4.78, 5) is 0. The van der Waals surface area contributed by atoms with Gasteiger partial charge in [0, 0.05) is 0 Å². The normalized spacial score (nSPS) is 45.2. The van der Waals surface area contributed by atoms with E-state index in [1.54, 1.807) is 5.56 Å². The predicted octanol–water partition coefficient (Wildman–Crippen LogP) is 3.94. The molecule has 2 heteroatoms. The Kier molecular flexibility index (Phi) is 2.97. The van der Waals surface area contributed by atoms with Gasteiger partial charge in [0.15, 0.2) is 0 Å². The highest BCUT2D eigenvalue weighted by atomic mass is 16.6. The van der Waals surface area contributed by atoms with Crippen LogP contribution >= 0.6 is 0 Å². The lowest BCUT2D eigenvalue weighted by Crippen LogP contribution is -2.55. The van der Waals surface area contributed by atoms with Crippen LogP contribution in [0.5, 0.6) is 0 Å². The van der Waals surface area contributed by atoms with Crippen molar-refractivity contribution in [3.63, 3.8) is 0 Å². The fourth-order valence-corrected chi connectivity index (χ4v) is 6.32. The lowest BCUT2D eigenvalue weighted by molar-refractivity contribution is -0.111. The molecule has 2 unspecified atom stereocenters. The zero-order valence-corrected chi connectivity index (χ0v) is 13.3. The number of ether oxygens (including phenoxy) is 2. The molecule has 1 saturated heterocycles. The summed E-state index contributed by atoms with van der Waals surface area (Å²) in [5.41, 5.74) is 2.50.